The molecule has 2 aliphatic rings. The number of thioether (sulfide) groups is 1. The molecule has 7 heteroatoms. The Balaban J connectivity index is 1.59. The smallest absolute Gasteiger partial charge is 0.158 e. The monoisotopic (exact) mass is 440 g/mol. The lowest BCUT2D eigenvalue weighted by molar-refractivity contribution is 0.178. The first-order chi connectivity index (χ1) is 14.8. The van der Waals surface area contributed by atoms with E-state index < -0.39 is 0 Å². The molecule has 0 aliphatic carbocycles. The van der Waals surface area contributed by atoms with Crippen LogP contribution in [0.5, 0.6) is 0 Å². The highest BCUT2D eigenvalue weighted by Crippen LogP contribution is 2.40. The maximum Gasteiger partial charge on any atom is 0.158 e. The van der Waals surface area contributed by atoms with E-state index in [-0.39, 0.29) is 0 Å². The number of nitrogens with zero attached hydrogens (tertiary/aromatic N) is 4. The van der Waals surface area contributed by atoms with E-state index >= 15 is 0 Å². The summed E-state index contributed by atoms with van der Waals surface area (Å²) in [5.74, 6) is 1.85. The van der Waals surface area contributed by atoms with Gasteiger partial charge in [-0.3, -0.25) is 4.90 Å². The SMILES string of the molecule is COCc1nc(N2C[C@H](SC)[C@@H](N3CCCC3)C2)c2c(-c3ccccc3)csc2n1. The number of fused-ring (bicyclic) bond motifs is 1. The number of hydrogen-bond donors (Lipinski definition) is 0. The highest BCUT2D eigenvalue weighted by Gasteiger charge is 2.38. The second-order valence-corrected chi connectivity index (χ2v) is 10.0. The van der Waals surface area contributed by atoms with Gasteiger partial charge >= 0.3 is 0 Å². The fourth-order valence-electron chi connectivity index (χ4n) is 4.80. The van der Waals surface area contributed by atoms with Crippen molar-refractivity contribution in [1.82, 2.24) is 14.9 Å². The van der Waals surface area contributed by atoms with Crippen LogP contribution in [0.15, 0.2) is 35.7 Å². The Morgan fingerprint density at radius 2 is 1.93 bits per heavy atom. The van der Waals surface area contributed by atoms with Gasteiger partial charge < -0.3 is 9.64 Å². The predicted molar refractivity (Wildman–Crippen MR) is 128 cm³/mol. The van der Waals surface area contributed by atoms with Gasteiger partial charge in [-0.05, 0) is 37.8 Å². The van der Waals surface area contributed by atoms with Crippen molar-refractivity contribution in [1.29, 1.82) is 0 Å². The van der Waals surface area contributed by atoms with Crippen LogP contribution in [0.4, 0.5) is 5.82 Å². The van der Waals surface area contributed by atoms with Crippen LogP contribution >= 0.6 is 23.1 Å². The van der Waals surface area contributed by atoms with E-state index in [1.54, 1.807) is 18.4 Å². The number of likely N-dealkylation sites (tertiary alicyclic amines) is 1. The standard InChI is InChI=1S/C23H28N4OS2/c1-28-14-20-24-22(27-12-18(19(13-27)29-2)26-10-6-7-11-26)21-17(15-30-23(21)25-20)16-8-4-3-5-9-16/h3-5,8-9,15,18-19H,6-7,10-14H2,1-2H3/t18-,19-/m0/s1. The van der Waals surface area contributed by atoms with Gasteiger partial charge in [0.05, 0.1) is 5.39 Å². The molecule has 3 aromatic rings. The van der Waals surface area contributed by atoms with E-state index in [1.165, 1.54) is 42.4 Å². The van der Waals surface area contributed by atoms with Gasteiger partial charge in [-0.1, -0.05) is 30.3 Å². The summed E-state index contributed by atoms with van der Waals surface area (Å²) in [7, 11) is 1.71. The Kier molecular flexibility index (Phi) is 5.96. The molecule has 0 unspecified atom stereocenters. The van der Waals surface area contributed by atoms with E-state index in [9.17, 15) is 0 Å². The van der Waals surface area contributed by atoms with Crippen molar-refractivity contribution in [2.24, 2.45) is 0 Å². The number of aromatic nitrogens is 2. The maximum absolute atomic E-state index is 5.38. The lowest BCUT2D eigenvalue weighted by Crippen LogP contribution is -2.40. The summed E-state index contributed by atoms with van der Waals surface area (Å²) >= 11 is 3.70. The van der Waals surface area contributed by atoms with Gasteiger partial charge in [0.25, 0.3) is 0 Å². The number of hydrogen-bond acceptors (Lipinski definition) is 7. The molecule has 4 heterocycles. The third-order valence-corrected chi connectivity index (χ3v) is 8.21. The van der Waals surface area contributed by atoms with Gasteiger partial charge in [0.2, 0.25) is 0 Å². The van der Waals surface area contributed by atoms with E-state index in [2.05, 4.69) is 51.8 Å². The quantitative estimate of drug-likeness (QED) is 0.561. The molecular weight excluding hydrogens is 412 g/mol. The van der Waals surface area contributed by atoms with Gasteiger partial charge in [-0.15, -0.1) is 11.3 Å². The lowest BCUT2D eigenvalue weighted by Gasteiger charge is -2.27. The molecule has 2 atom stereocenters. The summed E-state index contributed by atoms with van der Waals surface area (Å²) in [5.41, 5.74) is 2.46. The average Bonchev–Trinajstić information content (AvgIpc) is 3.52. The molecular formula is C23H28N4OS2. The fraction of sp³-hybridized carbons (Fsp3) is 0.478. The first-order valence-corrected chi connectivity index (χ1v) is 12.8. The minimum atomic E-state index is 0.441. The molecule has 0 radical (unpaired) electrons. The van der Waals surface area contributed by atoms with Crippen molar-refractivity contribution < 1.29 is 4.74 Å². The second kappa shape index (κ2) is 8.83. The van der Waals surface area contributed by atoms with Gasteiger partial charge in [-0.2, -0.15) is 11.8 Å². The minimum absolute atomic E-state index is 0.441. The topological polar surface area (TPSA) is 41.5 Å². The number of anilines is 1. The van der Waals surface area contributed by atoms with Crippen molar-refractivity contribution in [3.05, 3.63) is 41.5 Å². The Morgan fingerprint density at radius 3 is 2.67 bits per heavy atom. The van der Waals surface area contributed by atoms with Crippen molar-refractivity contribution >= 4 is 39.1 Å². The van der Waals surface area contributed by atoms with E-state index in [0.29, 0.717) is 17.9 Å². The summed E-state index contributed by atoms with van der Waals surface area (Å²) in [6, 6.07) is 11.2. The molecule has 2 saturated heterocycles. The van der Waals surface area contributed by atoms with Gasteiger partial charge in [-0.25, -0.2) is 9.97 Å². The molecule has 0 bridgehead atoms. The third-order valence-electron chi connectivity index (χ3n) is 6.27. The number of rotatable bonds is 6. The maximum atomic E-state index is 5.38. The van der Waals surface area contributed by atoms with Crippen LogP contribution in [0.3, 0.4) is 0 Å². The third kappa shape index (κ3) is 3.73. The molecule has 30 heavy (non-hydrogen) atoms. The zero-order valence-electron chi connectivity index (χ0n) is 17.6. The summed E-state index contributed by atoms with van der Waals surface area (Å²) < 4.78 is 5.38. The number of benzene rings is 1. The van der Waals surface area contributed by atoms with E-state index in [4.69, 9.17) is 14.7 Å². The molecule has 2 aliphatic heterocycles. The lowest BCUT2D eigenvalue weighted by atomic mass is 10.1. The van der Waals surface area contributed by atoms with Gasteiger partial charge in [0, 0.05) is 42.4 Å². The second-order valence-electron chi connectivity index (χ2n) is 8.08. The summed E-state index contributed by atoms with van der Waals surface area (Å²) in [5, 5.41) is 4.03. The van der Waals surface area contributed by atoms with Crippen molar-refractivity contribution in [3.8, 4) is 11.1 Å². The summed E-state index contributed by atoms with van der Waals surface area (Å²) in [6.45, 7) is 4.98. The minimum Gasteiger partial charge on any atom is -0.377 e. The van der Waals surface area contributed by atoms with Crippen LogP contribution in [0.1, 0.15) is 18.7 Å². The van der Waals surface area contributed by atoms with E-state index in [1.807, 2.05) is 11.8 Å². The van der Waals surface area contributed by atoms with Crippen LogP contribution in [-0.2, 0) is 11.3 Å². The first-order valence-electron chi connectivity index (χ1n) is 10.6. The van der Waals surface area contributed by atoms with Gasteiger partial charge in [0.1, 0.15) is 17.3 Å². The molecule has 158 valence electrons. The highest BCUT2D eigenvalue weighted by molar-refractivity contribution is 7.99. The fourth-order valence-corrected chi connectivity index (χ4v) is 6.67. The first kappa shape index (κ1) is 20.2. The number of methoxy groups -OCH3 is 1. The largest absolute Gasteiger partial charge is 0.377 e. The molecule has 5 rings (SSSR count). The number of ether oxygens (including phenoxy) is 1. The van der Waals surface area contributed by atoms with E-state index in [0.717, 1.165) is 29.6 Å². The van der Waals surface area contributed by atoms with Crippen LogP contribution in [-0.4, -0.2) is 65.7 Å². The average molecular weight is 441 g/mol. The molecule has 2 aromatic heterocycles. The molecule has 5 nitrogen and oxygen atoms in total. The van der Waals surface area contributed by atoms with Crippen LogP contribution < -0.4 is 4.90 Å². The molecule has 0 spiro atoms. The van der Waals surface area contributed by atoms with Crippen molar-refractivity contribution in [2.45, 2.75) is 30.7 Å². The normalized spacial score (nSPS) is 22.4. The Labute approximate surface area is 186 Å². The summed E-state index contributed by atoms with van der Waals surface area (Å²) in [4.78, 5) is 16.1. The van der Waals surface area contributed by atoms with Crippen molar-refractivity contribution in [2.75, 3.05) is 44.4 Å². The molecule has 0 saturated carbocycles. The Hall–Kier alpha value is -1.67. The molecule has 2 fully saturated rings. The van der Waals surface area contributed by atoms with Crippen LogP contribution in [0.25, 0.3) is 21.3 Å². The zero-order valence-corrected chi connectivity index (χ0v) is 19.2. The van der Waals surface area contributed by atoms with Gasteiger partial charge in [0.15, 0.2) is 5.82 Å². The molecule has 0 N–H and O–H groups in total. The molecule has 0 amide bonds. The van der Waals surface area contributed by atoms with Crippen LogP contribution in [0.2, 0.25) is 0 Å². The summed E-state index contributed by atoms with van der Waals surface area (Å²) in [6.07, 6.45) is 4.91. The Bertz CT molecular complexity index is 1000. The Morgan fingerprint density at radius 1 is 1.13 bits per heavy atom. The predicted octanol–water partition coefficient (Wildman–Crippen LogP) is 4.52. The highest BCUT2D eigenvalue weighted by atomic mass is 32.2. The molecule has 1 aromatic carbocycles. The van der Waals surface area contributed by atoms with Crippen LogP contribution in [0, 0.1) is 0 Å². The number of thiophene rings is 1. The van der Waals surface area contributed by atoms with Crippen molar-refractivity contribution in [3.63, 3.8) is 0 Å². The zero-order chi connectivity index (χ0) is 20.5.